The highest BCUT2D eigenvalue weighted by molar-refractivity contribution is 6.13. The second kappa shape index (κ2) is 11.1. The first-order chi connectivity index (χ1) is 22.1. The van der Waals surface area contributed by atoms with Crippen LogP contribution in [0, 0.1) is 12.3 Å². The highest BCUT2D eigenvalue weighted by atomic mass is 16.3. The van der Waals surface area contributed by atoms with Crippen molar-refractivity contribution in [3.8, 4) is 22.4 Å². The Kier molecular flexibility index (Phi) is 7.24. The second-order valence-electron chi connectivity index (χ2n) is 17.0. The van der Waals surface area contributed by atoms with Crippen LogP contribution in [0.5, 0.6) is 0 Å². The molecule has 2 aliphatic rings. The fourth-order valence-corrected chi connectivity index (χ4v) is 8.73. The van der Waals surface area contributed by atoms with Crippen LogP contribution in [0.25, 0.3) is 44.3 Å². The van der Waals surface area contributed by atoms with Gasteiger partial charge in [0.15, 0.2) is 6.20 Å². The van der Waals surface area contributed by atoms with Crippen molar-refractivity contribution in [1.82, 2.24) is 0 Å². The summed E-state index contributed by atoms with van der Waals surface area (Å²) in [5.41, 5.74) is 13.7. The first-order valence-electron chi connectivity index (χ1n) is 18.2. The summed E-state index contributed by atoms with van der Waals surface area (Å²) < 4.78 is 19.1. The summed E-state index contributed by atoms with van der Waals surface area (Å²) >= 11 is 0. The number of nitrogens with zero attached hydrogens (tertiary/aromatic N) is 1. The van der Waals surface area contributed by atoms with Gasteiger partial charge in [0.05, 0.1) is 5.56 Å². The van der Waals surface area contributed by atoms with Crippen molar-refractivity contribution < 1.29 is 10.4 Å². The molecule has 1 saturated carbocycles. The second-order valence-corrected chi connectivity index (χ2v) is 17.0. The Labute approximate surface area is 278 Å². The van der Waals surface area contributed by atoms with Crippen LogP contribution in [-0.4, -0.2) is 0 Å². The number of furan rings is 1. The third-order valence-electron chi connectivity index (χ3n) is 11.1. The maximum atomic E-state index is 9.77. The average Bonchev–Trinajstić information content (AvgIpc) is 3.38. The van der Waals surface area contributed by atoms with E-state index in [1.165, 1.54) is 67.4 Å². The predicted molar refractivity (Wildman–Crippen MR) is 195 cm³/mol. The lowest BCUT2D eigenvalue weighted by molar-refractivity contribution is -0.660. The summed E-state index contributed by atoms with van der Waals surface area (Å²) in [7, 11) is 2.14. The Morgan fingerprint density at radius 2 is 1.52 bits per heavy atom. The molecule has 46 heavy (non-hydrogen) atoms. The van der Waals surface area contributed by atoms with Crippen molar-refractivity contribution in [1.29, 1.82) is 0 Å². The summed E-state index contributed by atoms with van der Waals surface area (Å²) in [6.45, 7) is 18.8. The number of fused-ring (bicyclic) bond motifs is 4. The molecule has 2 nitrogen and oxygen atoms in total. The van der Waals surface area contributed by atoms with Crippen molar-refractivity contribution in [3.05, 3.63) is 88.6 Å². The summed E-state index contributed by atoms with van der Waals surface area (Å²) in [6, 6.07) is 20.5. The third kappa shape index (κ3) is 5.30. The van der Waals surface area contributed by atoms with Gasteiger partial charge in [-0.15, -0.1) is 0 Å². The molecule has 7 rings (SSSR count). The maximum absolute atomic E-state index is 9.77. The first-order valence-corrected chi connectivity index (χ1v) is 17.7. The number of aryl methyl sites for hydroxylation is 2. The van der Waals surface area contributed by atoms with Gasteiger partial charge in [-0.25, -0.2) is 4.57 Å². The van der Waals surface area contributed by atoms with Crippen molar-refractivity contribution in [2.75, 3.05) is 0 Å². The molecule has 2 heterocycles. The molecule has 2 aromatic heterocycles. The predicted octanol–water partition coefficient (Wildman–Crippen LogP) is 12.0. The molecule has 0 unspecified atom stereocenters. The molecule has 5 aromatic rings. The minimum Gasteiger partial charge on any atom is -0.454 e. The topological polar surface area (TPSA) is 17.0 Å². The lowest BCUT2D eigenvalue weighted by Crippen LogP contribution is -2.36. The van der Waals surface area contributed by atoms with Crippen molar-refractivity contribution in [2.45, 2.75) is 123 Å². The van der Waals surface area contributed by atoms with E-state index < -0.39 is 5.89 Å². The fraction of sp³-hybridized carbons (Fsp3) is 0.477. The van der Waals surface area contributed by atoms with Gasteiger partial charge < -0.3 is 4.42 Å². The van der Waals surface area contributed by atoms with Gasteiger partial charge >= 0.3 is 0 Å². The molecule has 3 aromatic carbocycles. The number of pyridine rings is 1. The third-order valence-corrected chi connectivity index (χ3v) is 11.1. The van der Waals surface area contributed by atoms with Crippen molar-refractivity contribution in [2.24, 2.45) is 12.5 Å². The summed E-state index contributed by atoms with van der Waals surface area (Å²) in [4.78, 5) is 0. The standard InChI is InChI=1S/C44H54NO/c1-28-18-19-35-34-17-13-16-33(40(34)46-41(35)37(28)36-26-29(22-25-45(36)9)27-42(2,3)4)32-21-20-31(30-14-11-10-12-15-30)38-39(32)44(7,8)24-23-43(38,5)6/h13,16-22,25-26,30H,10-12,14-15,23-24,27H2,1-9H3/q+1/i30D. The van der Waals surface area contributed by atoms with Gasteiger partial charge in [-0.2, -0.15) is 0 Å². The number of hydrogen-bond acceptors (Lipinski definition) is 1. The molecule has 1 fully saturated rings. The number of rotatable bonds is 4. The molecule has 2 heteroatoms. The molecule has 0 aliphatic heterocycles. The van der Waals surface area contributed by atoms with Crippen LogP contribution in [0.4, 0.5) is 0 Å². The SMILES string of the molecule is [2H]C1(c2ccc(-c3cccc4c3oc3c(-c5cc(CC(C)(C)C)cc[n+]5C)c(C)ccc34)c3c2C(C)(C)CCC3(C)C)CCCCC1. The van der Waals surface area contributed by atoms with Gasteiger partial charge in [0.2, 0.25) is 5.69 Å². The molecule has 0 spiro atoms. The Balaban J connectivity index is 1.49. The van der Waals surface area contributed by atoms with Gasteiger partial charge in [-0.3, -0.25) is 0 Å². The molecular weight excluding hydrogens is 558 g/mol. The number of aromatic nitrogens is 1. The Hall–Kier alpha value is -3.39. The molecule has 2 aliphatic carbocycles. The van der Waals surface area contributed by atoms with Crippen molar-refractivity contribution >= 4 is 21.9 Å². The molecule has 0 amide bonds. The highest BCUT2D eigenvalue weighted by Crippen LogP contribution is 2.54. The van der Waals surface area contributed by atoms with E-state index in [2.05, 4.69) is 128 Å². The molecule has 0 bridgehead atoms. The minimum absolute atomic E-state index is 0.00159. The largest absolute Gasteiger partial charge is 0.454 e. The molecule has 0 atom stereocenters. The van der Waals surface area contributed by atoms with Gasteiger partial charge in [0.1, 0.15) is 18.2 Å². The summed E-state index contributed by atoms with van der Waals surface area (Å²) in [5.74, 6) is -0.500. The van der Waals surface area contributed by atoms with E-state index in [4.69, 9.17) is 4.42 Å². The quantitative estimate of drug-likeness (QED) is 0.184. The van der Waals surface area contributed by atoms with E-state index in [0.717, 1.165) is 56.1 Å². The van der Waals surface area contributed by atoms with Crippen LogP contribution in [-0.2, 0) is 24.3 Å². The van der Waals surface area contributed by atoms with E-state index in [1.807, 2.05) is 0 Å². The number of hydrogen-bond donors (Lipinski definition) is 0. The lowest BCUT2D eigenvalue weighted by atomic mass is 9.59. The van der Waals surface area contributed by atoms with Crippen LogP contribution in [0.3, 0.4) is 0 Å². The minimum atomic E-state index is -0.500. The van der Waals surface area contributed by atoms with E-state index in [-0.39, 0.29) is 16.2 Å². The average molecular weight is 614 g/mol. The first kappa shape index (κ1) is 30.0. The molecule has 240 valence electrons. The van der Waals surface area contributed by atoms with E-state index in [1.54, 1.807) is 0 Å². The van der Waals surface area contributed by atoms with Gasteiger partial charge in [0, 0.05) is 29.8 Å². The summed E-state index contributed by atoms with van der Waals surface area (Å²) in [5, 5.41) is 2.34. The molecular formula is C44H54NO+. The van der Waals surface area contributed by atoms with Crippen LogP contribution >= 0.6 is 0 Å². The van der Waals surface area contributed by atoms with Crippen LogP contribution in [0.2, 0.25) is 0 Å². The zero-order chi connectivity index (χ0) is 33.5. The van der Waals surface area contributed by atoms with Gasteiger partial charge in [-0.1, -0.05) is 110 Å². The normalized spacial score (nSPS) is 19.3. The number of benzene rings is 3. The van der Waals surface area contributed by atoms with Crippen LogP contribution in [0.15, 0.2) is 65.2 Å². The lowest BCUT2D eigenvalue weighted by Gasteiger charge is -2.45. The Morgan fingerprint density at radius 1 is 0.826 bits per heavy atom. The van der Waals surface area contributed by atoms with E-state index >= 15 is 0 Å². The Bertz CT molecular complexity index is 2010. The molecule has 0 saturated heterocycles. The monoisotopic (exact) mass is 613 g/mol. The van der Waals surface area contributed by atoms with Crippen LogP contribution in [0.1, 0.15) is 128 Å². The highest BCUT2D eigenvalue weighted by Gasteiger charge is 2.42. The Morgan fingerprint density at radius 3 is 2.24 bits per heavy atom. The van der Waals surface area contributed by atoms with Gasteiger partial charge in [-0.05, 0) is 94.5 Å². The molecule has 0 radical (unpaired) electrons. The smallest absolute Gasteiger partial charge is 0.216 e. The van der Waals surface area contributed by atoms with Crippen LogP contribution < -0.4 is 4.57 Å². The zero-order valence-electron chi connectivity index (χ0n) is 30.8. The number of para-hydroxylation sites is 1. The fourth-order valence-electron chi connectivity index (χ4n) is 8.73. The van der Waals surface area contributed by atoms with E-state index in [0.29, 0.717) is 0 Å². The summed E-state index contributed by atoms with van der Waals surface area (Å²) in [6.07, 6.45) is 11.0. The van der Waals surface area contributed by atoms with Gasteiger partial charge in [0.25, 0.3) is 0 Å². The van der Waals surface area contributed by atoms with Crippen molar-refractivity contribution in [3.63, 3.8) is 0 Å². The zero-order valence-corrected chi connectivity index (χ0v) is 29.8. The molecule has 0 N–H and O–H groups in total. The van der Waals surface area contributed by atoms with E-state index in [9.17, 15) is 1.37 Å². The maximum Gasteiger partial charge on any atom is 0.216 e.